The molecular formula is C24H26F2N8OS. The zero-order valence-corrected chi connectivity index (χ0v) is 20.6. The highest BCUT2D eigenvalue weighted by molar-refractivity contribution is 7.22. The number of nitrogen functional groups attached to an aromatic ring is 1. The molecule has 188 valence electrons. The first-order valence-corrected chi connectivity index (χ1v) is 12.8. The molecule has 5 heterocycles. The SMILES string of the molecule is CN1CCCC1COc1nc(N2CCNCC2)c2cnc(-c3ccc(F)c4sc(N)nc34)c(F)c2n1. The van der Waals surface area contributed by atoms with Gasteiger partial charge in [-0.05, 0) is 38.6 Å². The van der Waals surface area contributed by atoms with Crippen molar-refractivity contribution in [3.63, 3.8) is 0 Å². The van der Waals surface area contributed by atoms with Gasteiger partial charge in [-0.15, -0.1) is 0 Å². The van der Waals surface area contributed by atoms with Crippen LogP contribution >= 0.6 is 11.3 Å². The maximum absolute atomic E-state index is 16.1. The molecule has 4 aromatic rings. The predicted octanol–water partition coefficient (Wildman–Crippen LogP) is 3.04. The van der Waals surface area contributed by atoms with E-state index >= 15 is 4.39 Å². The lowest BCUT2D eigenvalue weighted by Gasteiger charge is -2.29. The van der Waals surface area contributed by atoms with Gasteiger partial charge in [0.2, 0.25) is 0 Å². The van der Waals surface area contributed by atoms with Gasteiger partial charge in [0.25, 0.3) is 0 Å². The average Bonchev–Trinajstić information content (AvgIpc) is 3.49. The van der Waals surface area contributed by atoms with Crippen LogP contribution in [0.3, 0.4) is 0 Å². The summed E-state index contributed by atoms with van der Waals surface area (Å²) in [5.74, 6) is -0.495. The molecule has 2 aliphatic rings. The smallest absolute Gasteiger partial charge is 0.319 e. The van der Waals surface area contributed by atoms with Crippen LogP contribution in [0.4, 0.5) is 19.7 Å². The van der Waals surface area contributed by atoms with Crippen molar-refractivity contribution in [1.29, 1.82) is 0 Å². The van der Waals surface area contributed by atoms with Crippen molar-refractivity contribution in [3.05, 3.63) is 30.0 Å². The van der Waals surface area contributed by atoms with Crippen LogP contribution in [0.1, 0.15) is 12.8 Å². The minimum Gasteiger partial charge on any atom is -0.462 e. The lowest BCUT2D eigenvalue weighted by Crippen LogP contribution is -2.44. The summed E-state index contributed by atoms with van der Waals surface area (Å²) in [5, 5.41) is 4.02. The number of halogens is 2. The van der Waals surface area contributed by atoms with E-state index in [1.807, 2.05) is 0 Å². The van der Waals surface area contributed by atoms with Crippen LogP contribution in [-0.2, 0) is 0 Å². The van der Waals surface area contributed by atoms with Gasteiger partial charge in [0, 0.05) is 44.0 Å². The van der Waals surface area contributed by atoms with Gasteiger partial charge in [0.05, 0.1) is 15.6 Å². The average molecular weight is 513 g/mol. The maximum Gasteiger partial charge on any atom is 0.319 e. The van der Waals surface area contributed by atoms with Gasteiger partial charge >= 0.3 is 6.01 Å². The van der Waals surface area contributed by atoms with Crippen molar-refractivity contribution < 1.29 is 13.5 Å². The molecule has 2 aliphatic heterocycles. The molecule has 9 nitrogen and oxygen atoms in total. The van der Waals surface area contributed by atoms with E-state index in [1.165, 1.54) is 12.1 Å². The molecule has 1 unspecified atom stereocenters. The number of hydrogen-bond acceptors (Lipinski definition) is 10. The van der Waals surface area contributed by atoms with E-state index in [4.69, 9.17) is 10.5 Å². The molecule has 36 heavy (non-hydrogen) atoms. The van der Waals surface area contributed by atoms with E-state index < -0.39 is 11.6 Å². The molecule has 0 amide bonds. The number of nitrogens with one attached hydrogen (secondary N) is 1. The van der Waals surface area contributed by atoms with Gasteiger partial charge in [0.15, 0.2) is 10.9 Å². The minimum absolute atomic E-state index is 0.0317. The summed E-state index contributed by atoms with van der Waals surface area (Å²) < 4.78 is 36.8. The van der Waals surface area contributed by atoms with Crippen LogP contribution in [0.5, 0.6) is 6.01 Å². The Morgan fingerprint density at radius 3 is 2.75 bits per heavy atom. The topological polar surface area (TPSA) is 105 Å². The Bertz CT molecular complexity index is 1440. The third-order valence-corrected chi connectivity index (χ3v) is 7.80. The van der Waals surface area contributed by atoms with E-state index in [0.717, 1.165) is 56.9 Å². The van der Waals surface area contributed by atoms with Crippen molar-refractivity contribution in [3.8, 4) is 17.3 Å². The number of benzene rings is 1. The van der Waals surface area contributed by atoms with E-state index in [1.54, 1.807) is 6.20 Å². The number of hydrogen-bond donors (Lipinski definition) is 2. The second-order valence-electron chi connectivity index (χ2n) is 9.16. The molecule has 2 saturated heterocycles. The van der Waals surface area contributed by atoms with Crippen LogP contribution in [0.25, 0.3) is 32.4 Å². The van der Waals surface area contributed by atoms with Crippen molar-refractivity contribution >= 4 is 43.4 Å². The first-order valence-electron chi connectivity index (χ1n) is 12.0. The highest BCUT2D eigenvalue weighted by atomic mass is 32.1. The molecule has 3 N–H and O–H groups in total. The zero-order valence-electron chi connectivity index (χ0n) is 19.8. The molecule has 12 heteroatoms. The normalized spacial score (nSPS) is 19.0. The number of aromatic nitrogens is 4. The van der Waals surface area contributed by atoms with Gasteiger partial charge in [-0.3, -0.25) is 4.98 Å². The van der Waals surface area contributed by atoms with E-state index in [-0.39, 0.29) is 38.6 Å². The number of rotatable bonds is 5. The van der Waals surface area contributed by atoms with E-state index in [9.17, 15) is 4.39 Å². The van der Waals surface area contributed by atoms with Crippen molar-refractivity contribution in [2.75, 3.05) is 57.0 Å². The number of likely N-dealkylation sites (N-methyl/N-ethyl adjacent to an activating group) is 1. The number of anilines is 2. The Balaban J connectivity index is 1.47. The number of thiazole rings is 1. The number of fused-ring (bicyclic) bond motifs is 2. The Hall–Kier alpha value is -3.22. The Morgan fingerprint density at radius 1 is 1.14 bits per heavy atom. The van der Waals surface area contributed by atoms with Crippen LogP contribution in [-0.4, -0.2) is 77.3 Å². The predicted molar refractivity (Wildman–Crippen MR) is 137 cm³/mol. The number of pyridine rings is 1. The lowest BCUT2D eigenvalue weighted by molar-refractivity contribution is 0.188. The van der Waals surface area contributed by atoms with Gasteiger partial charge in [0.1, 0.15) is 29.5 Å². The number of ether oxygens (including phenoxy) is 1. The Kier molecular flexibility index (Phi) is 6.02. The summed E-state index contributed by atoms with van der Waals surface area (Å²) in [6.07, 6.45) is 3.73. The quantitative estimate of drug-likeness (QED) is 0.417. The van der Waals surface area contributed by atoms with Crippen LogP contribution in [0.2, 0.25) is 0 Å². The number of nitrogens with zero attached hydrogens (tertiary/aromatic N) is 6. The molecule has 6 rings (SSSR count). The second-order valence-corrected chi connectivity index (χ2v) is 10.2. The van der Waals surface area contributed by atoms with E-state index in [0.29, 0.717) is 23.4 Å². The van der Waals surface area contributed by atoms with Crippen LogP contribution in [0.15, 0.2) is 18.3 Å². The molecule has 1 atom stereocenters. The fraction of sp³-hybridized carbons (Fsp3) is 0.417. The molecule has 0 saturated carbocycles. The Labute approximate surface area is 210 Å². The molecule has 3 aromatic heterocycles. The molecule has 0 bridgehead atoms. The molecule has 0 aliphatic carbocycles. The highest BCUT2D eigenvalue weighted by Gasteiger charge is 2.25. The summed E-state index contributed by atoms with van der Waals surface area (Å²) in [6, 6.07) is 3.15. The third-order valence-electron chi connectivity index (χ3n) is 6.90. The van der Waals surface area contributed by atoms with Crippen molar-refractivity contribution in [1.82, 2.24) is 30.2 Å². The van der Waals surface area contributed by atoms with Gasteiger partial charge in [-0.25, -0.2) is 13.8 Å². The zero-order chi connectivity index (χ0) is 24.8. The molecule has 2 fully saturated rings. The summed E-state index contributed by atoms with van der Waals surface area (Å²) in [4.78, 5) is 22.2. The van der Waals surface area contributed by atoms with Crippen molar-refractivity contribution in [2.24, 2.45) is 0 Å². The van der Waals surface area contributed by atoms with Crippen LogP contribution < -0.4 is 20.7 Å². The first kappa shape index (κ1) is 23.2. The van der Waals surface area contributed by atoms with Gasteiger partial charge in [-0.2, -0.15) is 9.97 Å². The molecule has 0 radical (unpaired) electrons. The minimum atomic E-state index is -0.631. The Morgan fingerprint density at radius 2 is 1.97 bits per heavy atom. The van der Waals surface area contributed by atoms with Crippen molar-refractivity contribution in [2.45, 2.75) is 18.9 Å². The van der Waals surface area contributed by atoms with Gasteiger partial charge in [-0.1, -0.05) is 11.3 Å². The van der Waals surface area contributed by atoms with Crippen LogP contribution in [0, 0.1) is 11.6 Å². The summed E-state index contributed by atoms with van der Waals surface area (Å²) in [6.45, 7) is 4.48. The molecule has 0 spiro atoms. The fourth-order valence-electron chi connectivity index (χ4n) is 4.94. The summed E-state index contributed by atoms with van der Waals surface area (Å²) >= 11 is 1.02. The largest absolute Gasteiger partial charge is 0.462 e. The van der Waals surface area contributed by atoms with Gasteiger partial charge < -0.3 is 25.6 Å². The molecular weight excluding hydrogens is 486 g/mol. The second kappa shape index (κ2) is 9.34. The fourth-order valence-corrected chi connectivity index (χ4v) is 5.70. The highest BCUT2D eigenvalue weighted by Crippen LogP contribution is 2.37. The summed E-state index contributed by atoms with van der Waals surface area (Å²) in [7, 11) is 2.07. The number of likely N-dealkylation sites (tertiary alicyclic amines) is 1. The lowest BCUT2D eigenvalue weighted by atomic mass is 10.1. The summed E-state index contributed by atoms with van der Waals surface area (Å²) in [5.41, 5.74) is 6.61. The first-order chi connectivity index (χ1) is 17.5. The third kappa shape index (κ3) is 4.08. The standard InChI is InChI=1S/C24H26F2N8OS/c1-33-8-2-3-13(33)12-35-24-31-19-15(22(32-24)34-9-6-28-7-10-34)11-29-18(17(19)26)14-4-5-16(25)21-20(14)30-23(27)36-21/h4-5,11,13,28H,2-3,6-10,12H2,1H3,(H2,27,30). The monoisotopic (exact) mass is 512 g/mol. The number of nitrogens with two attached hydrogens (primary N) is 1. The maximum atomic E-state index is 16.1. The molecule has 1 aromatic carbocycles. The van der Waals surface area contributed by atoms with E-state index in [2.05, 4.69) is 42.1 Å². The number of piperazine rings is 1.